The minimum Gasteiger partial charge on any atom is -0.507 e. The van der Waals surface area contributed by atoms with E-state index in [0.717, 1.165) is 10.8 Å². The van der Waals surface area contributed by atoms with E-state index in [1.165, 1.54) is 24.6 Å². The van der Waals surface area contributed by atoms with Gasteiger partial charge in [-0.2, -0.15) is 10.2 Å². The molecule has 0 spiro atoms. The lowest BCUT2D eigenvalue weighted by Gasteiger charge is -2.03. The van der Waals surface area contributed by atoms with Crippen LogP contribution in [0.15, 0.2) is 70.9 Å². The van der Waals surface area contributed by atoms with Crippen LogP contribution in [-0.2, 0) is 0 Å². The Hall–Kier alpha value is -3.54. The van der Waals surface area contributed by atoms with Gasteiger partial charge in [-0.25, -0.2) is 0 Å². The molecule has 3 rings (SSSR count). The summed E-state index contributed by atoms with van der Waals surface area (Å²) >= 11 is 0. The highest BCUT2D eigenvalue weighted by Crippen LogP contribution is 2.25. The summed E-state index contributed by atoms with van der Waals surface area (Å²) in [5, 5.41) is 30.4. The van der Waals surface area contributed by atoms with Crippen molar-refractivity contribution in [3.05, 3.63) is 81.9 Å². The van der Waals surface area contributed by atoms with Crippen LogP contribution in [0, 0.1) is 10.1 Å². The molecule has 6 heteroatoms. The fourth-order valence-corrected chi connectivity index (χ4v) is 2.29. The molecule has 0 bridgehead atoms. The van der Waals surface area contributed by atoms with Crippen molar-refractivity contribution in [2.75, 3.05) is 0 Å². The Labute approximate surface area is 137 Å². The number of non-ortho nitro benzene ring substituents is 1. The fraction of sp³-hybridized carbons (Fsp3) is 0. The lowest BCUT2D eigenvalue weighted by molar-refractivity contribution is -0.384. The van der Waals surface area contributed by atoms with Crippen molar-refractivity contribution in [2.45, 2.75) is 0 Å². The van der Waals surface area contributed by atoms with Crippen molar-refractivity contribution in [3.63, 3.8) is 0 Å². The van der Waals surface area contributed by atoms with E-state index in [-0.39, 0.29) is 11.4 Å². The molecule has 0 aromatic heterocycles. The first-order valence-electron chi connectivity index (χ1n) is 7.17. The molecule has 0 atom stereocenters. The Morgan fingerprint density at radius 1 is 0.917 bits per heavy atom. The van der Waals surface area contributed by atoms with E-state index in [2.05, 4.69) is 10.2 Å². The number of nitrogens with zero attached hydrogens (tertiary/aromatic N) is 3. The maximum absolute atomic E-state index is 10.6. The number of hydrogen-bond acceptors (Lipinski definition) is 5. The monoisotopic (exact) mass is 319 g/mol. The van der Waals surface area contributed by atoms with E-state index < -0.39 is 4.92 Å². The Morgan fingerprint density at radius 3 is 2.38 bits per heavy atom. The van der Waals surface area contributed by atoms with Gasteiger partial charge in [-0.05, 0) is 34.5 Å². The van der Waals surface area contributed by atoms with Gasteiger partial charge in [-0.3, -0.25) is 10.1 Å². The summed E-state index contributed by atoms with van der Waals surface area (Å²) in [6.45, 7) is 0. The van der Waals surface area contributed by atoms with Gasteiger partial charge in [-0.15, -0.1) is 0 Å². The summed E-state index contributed by atoms with van der Waals surface area (Å²) in [7, 11) is 0. The van der Waals surface area contributed by atoms with Crippen LogP contribution in [-0.4, -0.2) is 22.5 Å². The van der Waals surface area contributed by atoms with Crippen LogP contribution < -0.4 is 0 Å². The highest BCUT2D eigenvalue weighted by molar-refractivity contribution is 6.02. The van der Waals surface area contributed by atoms with Crippen molar-refractivity contribution in [1.82, 2.24) is 0 Å². The first-order valence-corrected chi connectivity index (χ1v) is 7.17. The van der Waals surface area contributed by atoms with Crippen LogP contribution in [0.2, 0.25) is 0 Å². The van der Waals surface area contributed by atoms with Gasteiger partial charge in [-0.1, -0.05) is 30.3 Å². The first kappa shape index (κ1) is 15.4. The van der Waals surface area contributed by atoms with Crippen LogP contribution in [0.25, 0.3) is 10.8 Å². The summed E-state index contributed by atoms with van der Waals surface area (Å²) in [6.07, 6.45) is 2.97. The van der Waals surface area contributed by atoms with Crippen LogP contribution in [0.5, 0.6) is 5.75 Å². The molecule has 0 amide bonds. The lowest BCUT2D eigenvalue weighted by atomic mass is 10.0. The van der Waals surface area contributed by atoms with Crippen LogP contribution in [0.1, 0.15) is 11.1 Å². The van der Waals surface area contributed by atoms with Crippen molar-refractivity contribution in [1.29, 1.82) is 0 Å². The van der Waals surface area contributed by atoms with E-state index >= 15 is 0 Å². The SMILES string of the molecule is O=[N+]([O-])c1ccc(/C=N/N=C/c2c(O)ccc3ccccc23)cc1. The number of hydrogen-bond donors (Lipinski definition) is 1. The molecule has 0 aliphatic rings. The number of phenolic OH excluding ortho intramolecular Hbond substituents is 1. The van der Waals surface area contributed by atoms with Gasteiger partial charge in [0, 0.05) is 17.7 Å². The zero-order valence-electron chi connectivity index (χ0n) is 12.5. The number of benzene rings is 3. The quantitative estimate of drug-likeness (QED) is 0.449. The third kappa shape index (κ3) is 3.27. The number of rotatable bonds is 4. The minimum atomic E-state index is -0.456. The predicted molar refractivity (Wildman–Crippen MR) is 93.9 cm³/mol. The number of aromatic hydroxyl groups is 1. The predicted octanol–water partition coefficient (Wildman–Crippen LogP) is 3.91. The number of nitro benzene ring substituents is 1. The van der Waals surface area contributed by atoms with Gasteiger partial charge in [0.05, 0.1) is 17.4 Å². The number of nitro groups is 1. The van der Waals surface area contributed by atoms with Gasteiger partial charge in [0.2, 0.25) is 0 Å². The summed E-state index contributed by atoms with van der Waals surface area (Å²) in [6, 6.07) is 17.1. The third-order valence-electron chi connectivity index (χ3n) is 3.51. The molecule has 0 unspecified atom stereocenters. The molecule has 3 aromatic carbocycles. The first-order chi connectivity index (χ1) is 11.6. The summed E-state index contributed by atoms with van der Waals surface area (Å²) in [4.78, 5) is 10.1. The summed E-state index contributed by atoms with van der Waals surface area (Å²) in [5.41, 5.74) is 1.31. The van der Waals surface area contributed by atoms with Crippen LogP contribution >= 0.6 is 0 Å². The number of phenols is 1. The second-order valence-corrected chi connectivity index (χ2v) is 5.06. The summed E-state index contributed by atoms with van der Waals surface area (Å²) < 4.78 is 0. The van der Waals surface area contributed by atoms with Crippen molar-refractivity contribution in [3.8, 4) is 5.75 Å². The highest BCUT2D eigenvalue weighted by atomic mass is 16.6. The number of fused-ring (bicyclic) bond motifs is 1. The van der Waals surface area contributed by atoms with Gasteiger partial charge in [0.25, 0.3) is 5.69 Å². The molecule has 24 heavy (non-hydrogen) atoms. The molecule has 0 saturated heterocycles. The van der Waals surface area contributed by atoms with Crippen molar-refractivity contribution < 1.29 is 10.0 Å². The fourth-order valence-electron chi connectivity index (χ4n) is 2.29. The van der Waals surface area contributed by atoms with E-state index in [1.807, 2.05) is 30.3 Å². The van der Waals surface area contributed by atoms with E-state index in [1.54, 1.807) is 18.2 Å². The van der Waals surface area contributed by atoms with E-state index in [0.29, 0.717) is 11.1 Å². The molecule has 6 nitrogen and oxygen atoms in total. The average molecular weight is 319 g/mol. The van der Waals surface area contributed by atoms with E-state index in [4.69, 9.17) is 0 Å². The van der Waals surface area contributed by atoms with E-state index in [9.17, 15) is 15.2 Å². The molecule has 0 fully saturated rings. The normalized spacial score (nSPS) is 11.5. The smallest absolute Gasteiger partial charge is 0.269 e. The molecule has 0 aliphatic carbocycles. The standard InChI is InChI=1S/C18H13N3O3/c22-18-10-7-14-3-1-2-4-16(14)17(18)12-20-19-11-13-5-8-15(9-6-13)21(23)24/h1-12,22H/b19-11+,20-12+. The zero-order chi connectivity index (χ0) is 16.9. The van der Waals surface area contributed by atoms with Gasteiger partial charge < -0.3 is 5.11 Å². The average Bonchev–Trinajstić information content (AvgIpc) is 2.60. The Balaban J connectivity index is 1.81. The Bertz CT molecular complexity index is 947. The minimum absolute atomic E-state index is 0.0244. The van der Waals surface area contributed by atoms with Crippen LogP contribution in [0.4, 0.5) is 5.69 Å². The van der Waals surface area contributed by atoms with Gasteiger partial charge in [0.1, 0.15) is 5.75 Å². The Kier molecular flexibility index (Phi) is 4.29. The highest BCUT2D eigenvalue weighted by Gasteiger charge is 2.04. The topological polar surface area (TPSA) is 88.1 Å². The zero-order valence-corrected chi connectivity index (χ0v) is 12.5. The molecular weight excluding hydrogens is 306 g/mol. The molecule has 0 radical (unpaired) electrons. The van der Waals surface area contributed by atoms with Crippen LogP contribution in [0.3, 0.4) is 0 Å². The molecule has 118 valence electrons. The lowest BCUT2D eigenvalue weighted by Crippen LogP contribution is -1.88. The largest absolute Gasteiger partial charge is 0.507 e. The molecular formula is C18H13N3O3. The second kappa shape index (κ2) is 6.70. The molecule has 3 aromatic rings. The second-order valence-electron chi connectivity index (χ2n) is 5.06. The van der Waals surface area contributed by atoms with Gasteiger partial charge >= 0.3 is 0 Å². The Morgan fingerprint density at radius 2 is 1.62 bits per heavy atom. The third-order valence-corrected chi connectivity index (χ3v) is 3.51. The molecule has 0 aliphatic heterocycles. The maximum atomic E-state index is 10.6. The maximum Gasteiger partial charge on any atom is 0.269 e. The van der Waals surface area contributed by atoms with Crippen molar-refractivity contribution >= 4 is 28.9 Å². The summed E-state index contributed by atoms with van der Waals surface area (Å²) in [5.74, 6) is 0.128. The van der Waals surface area contributed by atoms with Gasteiger partial charge in [0.15, 0.2) is 0 Å². The molecule has 0 heterocycles. The molecule has 1 N–H and O–H groups in total. The molecule has 0 saturated carbocycles. The van der Waals surface area contributed by atoms with Crippen molar-refractivity contribution in [2.24, 2.45) is 10.2 Å².